The molecule has 1 atom stereocenters. The van der Waals surface area contributed by atoms with Gasteiger partial charge in [0.15, 0.2) is 5.82 Å². The van der Waals surface area contributed by atoms with Crippen LogP contribution >= 0.6 is 0 Å². The lowest BCUT2D eigenvalue weighted by atomic mass is 10.1. The summed E-state index contributed by atoms with van der Waals surface area (Å²) in [7, 11) is 1.89. The highest BCUT2D eigenvalue weighted by Gasteiger charge is 2.19. The van der Waals surface area contributed by atoms with E-state index in [2.05, 4.69) is 25.6 Å². The van der Waals surface area contributed by atoms with E-state index in [1.54, 1.807) is 17.1 Å². The molecule has 1 aliphatic heterocycles. The van der Waals surface area contributed by atoms with Crippen molar-refractivity contribution in [3.8, 4) is 0 Å². The van der Waals surface area contributed by atoms with Crippen molar-refractivity contribution >= 4 is 17.5 Å². The first-order chi connectivity index (χ1) is 11.6. The van der Waals surface area contributed by atoms with Crippen molar-refractivity contribution < 1.29 is 4.79 Å². The van der Waals surface area contributed by atoms with Crippen LogP contribution in [0.4, 0.5) is 16.3 Å². The Labute approximate surface area is 142 Å². The second-order valence-electron chi connectivity index (χ2n) is 6.20. The fourth-order valence-electron chi connectivity index (χ4n) is 3.05. The molecule has 1 aliphatic rings. The summed E-state index contributed by atoms with van der Waals surface area (Å²) in [4.78, 5) is 19.0. The van der Waals surface area contributed by atoms with Crippen LogP contribution in [0.15, 0.2) is 24.5 Å². The summed E-state index contributed by atoms with van der Waals surface area (Å²) in [6.45, 7) is 5.91. The Morgan fingerprint density at radius 1 is 1.33 bits per heavy atom. The van der Waals surface area contributed by atoms with E-state index in [4.69, 9.17) is 0 Å². The highest BCUT2D eigenvalue weighted by Crippen LogP contribution is 2.26. The van der Waals surface area contributed by atoms with Crippen molar-refractivity contribution in [3.63, 3.8) is 0 Å². The topological polar surface area (TPSA) is 75.1 Å². The minimum Gasteiger partial charge on any atom is -0.355 e. The molecule has 2 aromatic rings. The van der Waals surface area contributed by atoms with E-state index >= 15 is 0 Å². The Bertz CT molecular complexity index is 720. The average Bonchev–Trinajstić information content (AvgIpc) is 3.19. The van der Waals surface area contributed by atoms with Crippen molar-refractivity contribution in [1.82, 2.24) is 20.1 Å². The number of anilines is 2. The van der Waals surface area contributed by atoms with Crippen molar-refractivity contribution in [2.45, 2.75) is 32.7 Å². The van der Waals surface area contributed by atoms with Crippen molar-refractivity contribution in [1.29, 1.82) is 0 Å². The maximum Gasteiger partial charge on any atom is 0.319 e. The summed E-state index contributed by atoms with van der Waals surface area (Å²) in [6.07, 6.45) is 5.89. The molecule has 1 fully saturated rings. The Kier molecular flexibility index (Phi) is 4.69. The normalized spacial score (nSPS) is 15.4. The molecule has 3 rings (SSSR count). The van der Waals surface area contributed by atoms with Gasteiger partial charge in [0.25, 0.3) is 0 Å². The smallest absolute Gasteiger partial charge is 0.319 e. The number of carbonyl (C=O) groups excluding carboxylic acids is 1. The minimum atomic E-state index is -0.237. The van der Waals surface area contributed by atoms with Gasteiger partial charge < -0.3 is 15.5 Å². The van der Waals surface area contributed by atoms with Crippen LogP contribution in [-0.4, -0.2) is 33.9 Å². The first-order valence-electron chi connectivity index (χ1n) is 8.32. The van der Waals surface area contributed by atoms with Gasteiger partial charge in [-0.3, -0.25) is 4.68 Å². The lowest BCUT2D eigenvalue weighted by Gasteiger charge is -2.21. The molecule has 2 amide bonds. The maximum absolute atomic E-state index is 12.4. The maximum atomic E-state index is 12.4. The monoisotopic (exact) mass is 328 g/mol. The number of hydrogen-bond acceptors (Lipinski definition) is 4. The van der Waals surface area contributed by atoms with Crippen LogP contribution in [0.5, 0.6) is 0 Å². The molecule has 2 N–H and O–H groups in total. The molecule has 0 bridgehead atoms. The number of aromatic nitrogens is 3. The van der Waals surface area contributed by atoms with E-state index < -0.39 is 0 Å². The van der Waals surface area contributed by atoms with E-state index in [1.807, 2.05) is 33.0 Å². The summed E-state index contributed by atoms with van der Waals surface area (Å²) in [5.74, 6) is 0.843. The van der Waals surface area contributed by atoms with E-state index in [0.29, 0.717) is 0 Å². The van der Waals surface area contributed by atoms with E-state index in [0.717, 1.165) is 35.9 Å². The molecule has 3 heterocycles. The number of hydrogen-bond donors (Lipinski definition) is 2. The fraction of sp³-hybridized carbons (Fsp3) is 0.471. The average molecular weight is 328 g/mol. The summed E-state index contributed by atoms with van der Waals surface area (Å²) in [6, 6.07) is 3.37. The number of nitrogens with one attached hydrogen (secondary N) is 2. The molecule has 7 nitrogen and oxygen atoms in total. The number of carbonyl (C=O) groups is 1. The molecule has 7 heteroatoms. The van der Waals surface area contributed by atoms with Gasteiger partial charge in [0, 0.05) is 37.6 Å². The summed E-state index contributed by atoms with van der Waals surface area (Å²) in [5.41, 5.74) is 2.80. The molecule has 0 spiro atoms. The van der Waals surface area contributed by atoms with Crippen LogP contribution in [0.1, 0.15) is 37.1 Å². The van der Waals surface area contributed by atoms with E-state index in [-0.39, 0.29) is 12.1 Å². The van der Waals surface area contributed by atoms with Gasteiger partial charge in [-0.05, 0) is 38.8 Å². The molecule has 1 saturated heterocycles. The first-order valence-corrected chi connectivity index (χ1v) is 8.32. The molecular formula is C17H24N6O. The third-order valence-corrected chi connectivity index (χ3v) is 4.53. The Balaban J connectivity index is 1.68. The van der Waals surface area contributed by atoms with Crippen molar-refractivity contribution in [3.05, 3.63) is 35.8 Å². The molecule has 1 unspecified atom stereocenters. The van der Waals surface area contributed by atoms with Gasteiger partial charge in [0.05, 0.1) is 17.9 Å². The largest absolute Gasteiger partial charge is 0.355 e. The molecular weight excluding hydrogens is 304 g/mol. The van der Waals surface area contributed by atoms with Gasteiger partial charge in [-0.2, -0.15) is 5.10 Å². The Morgan fingerprint density at radius 2 is 2.08 bits per heavy atom. The standard InChI is InChI=1S/C17H24N6O/c1-12(14-11-19-22(3)13(14)2)20-17(24)21-15-7-6-8-18-16(15)23-9-4-5-10-23/h6-8,11-12H,4-5,9-10H2,1-3H3,(H2,20,21,24). The second kappa shape index (κ2) is 6.90. The minimum absolute atomic E-state index is 0.120. The third-order valence-electron chi connectivity index (χ3n) is 4.53. The Hall–Kier alpha value is -2.57. The number of amides is 2. The van der Waals surface area contributed by atoms with E-state index in [1.165, 1.54) is 12.8 Å². The first kappa shape index (κ1) is 16.3. The molecule has 0 radical (unpaired) electrons. The van der Waals surface area contributed by atoms with E-state index in [9.17, 15) is 4.79 Å². The van der Waals surface area contributed by atoms with Crippen molar-refractivity contribution in [2.24, 2.45) is 7.05 Å². The predicted molar refractivity (Wildman–Crippen MR) is 94.2 cm³/mol. The number of urea groups is 1. The fourth-order valence-corrected chi connectivity index (χ4v) is 3.05. The summed E-state index contributed by atoms with van der Waals surface area (Å²) < 4.78 is 1.80. The quantitative estimate of drug-likeness (QED) is 0.904. The van der Waals surface area contributed by atoms with Gasteiger partial charge in [0.2, 0.25) is 0 Å². The van der Waals surface area contributed by atoms with Gasteiger partial charge in [-0.1, -0.05) is 0 Å². The molecule has 0 saturated carbocycles. The molecule has 128 valence electrons. The van der Waals surface area contributed by atoms with Crippen LogP contribution in [0.3, 0.4) is 0 Å². The van der Waals surface area contributed by atoms with Crippen molar-refractivity contribution in [2.75, 3.05) is 23.3 Å². The third kappa shape index (κ3) is 3.34. The van der Waals surface area contributed by atoms with Crippen LogP contribution in [0.25, 0.3) is 0 Å². The highest BCUT2D eigenvalue weighted by atomic mass is 16.2. The van der Waals surface area contributed by atoms with Gasteiger partial charge in [-0.15, -0.1) is 0 Å². The summed E-state index contributed by atoms with van der Waals surface area (Å²) >= 11 is 0. The molecule has 2 aromatic heterocycles. The van der Waals surface area contributed by atoms with Crippen LogP contribution in [0.2, 0.25) is 0 Å². The number of aryl methyl sites for hydroxylation is 1. The highest BCUT2D eigenvalue weighted by molar-refractivity contribution is 5.92. The van der Waals surface area contributed by atoms with Gasteiger partial charge >= 0.3 is 6.03 Å². The number of nitrogens with zero attached hydrogens (tertiary/aromatic N) is 4. The zero-order valence-electron chi connectivity index (χ0n) is 14.4. The lowest BCUT2D eigenvalue weighted by molar-refractivity contribution is 0.249. The van der Waals surface area contributed by atoms with Gasteiger partial charge in [0.1, 0.15) is 0 Å². The Morgan fingerprint density at radius 3 is 2.75 bits per heavy atom. The molecule has 0 aliphatic carbocycles. The second-order valence-corrected chi connectivity index (χ2v) is 6.20. The molecule has 0 aromatic carbocycles. The SMILES string of the molecule is Cc1c(C(C)NC(=O)Nc2cccnc2N2CCCC2)cnn1C. The van der Waals surface area contributed by atoms with Gasteiger partial charge in [-0.25, -0.2) is 9.78 Å². The summed E-state index contributed by atoms with van der Waals surface area (Å²) in [5, 5.41) is 10.1. The zero-order valence-corrected chi connectivity index (χ0v) is 14.4. The number of rotatable bonds is 4. The zero-order chi connectivity index (χ0) is 17.1. The lowest BCUT2D eigenvalue weighted by Crippen LogP contribution is -2.32. The van der Waals surface area contributed by atoms with Crippen LogP contribution < -0.4 is 15.5 Å². The molecule has 24 heavy (non-hydrogen) atoms. The number of pyridine rings is 1. The van der Waals surface area contributed by atoms with Crippen LogP contribution in [-0.2, 0) is 7.05 Å². The predicted octanol–water partition coefficient (Wildman–Crippen LogP) is 2.61. The van der Waals surface area contributed by atoms with Crippen LogP contribution in [0, 0.1) is 6.92 Å².